The Labute approximate surface area is 97.1 Å². The van der Waals surface area contributed by atoms with Gasteiger partial charge in [0.2, 0.25) is 10.6 Å². The molecule has 0 amide bonds. The molecule has 1 aromatic carbocycles. The predicted molar refractivity (Wildman–Crippen MR) is 60.0 cm³/mol. The number of halogens is 2. The number of aromatic nitrogens is 3. The lowest BCUT2D eigenvalue weighted by Gasteiger charge is -2.01. The second-order valence-electron chi connectivity index (χ2n) is 3.07. The van der Waals surface area contributed by atoms with E-state index in [1.54, 1.807) is 0 Å². The van der Waals surface area contributed by atoms with Crippen molar-refractivity contribution in [3.8, 4) is 11.4 Å². The van der Waals surface area contributed by atoms with Crippen LogP contribution in [0, 0.1) is 6.92 Å². The second kappa shape index (κ2) is 4.13. The molecular weight excluding hydrogens is 233 g/mol. The van der Waals surface area contributed by atoms with Crippen molar-refractivity contribution < 1.29 is 0 Å². The van der Waals surface area contributed by atoms with E-state index < -0.39 is 0 Å². The van der Waals surface area contributed by atoms with Crippen LogP contribution < -0.4 is 0 Å². The van der Waals surface area contributed by atoms with E-state index in [4.69, 9.17) is 23.2 Å². The molecule has 0 unspecified atom stereocenters. The van der Waals surface area contributed by atoms with Gasteiger partial charge < -0.3 is 0 Å². The van der Waals surface area contributed by atoms with Crippen molar-refractivity contribution in [3.63, 3.8) is 0 Å². The summed E-state index contributed by atoms with van der Waals surface area (Å²) in [7, 11) is 0. The molecule has 0 aliphatic carbocycles. The highest BCUT2D eigenvalue weighted by atomic mass is 35.5. The molecule has 0 N–H and O–H groups in total. The summed E-state index contributed by atoms with van der Waals surface area (Å²) < 4.78 is 0. The van der Waals surface area contributed by atoms with E-state index in [1.807, 2.05) is 31.2 Å². The van der Waals surface area contributed by atoms with E-state index in [0.29, 0.717) is 5.82 Å². The van der Waals surface area contributed by atoms with Gasteiger partial charge in [0.15, 0.2) is 5.82 Å². The quantitative estimate of drug-likeness (QED) is 0.768. The third kappa shape index (κ3) is 2.43. The average Bonchev–Trinajstić information content (AvgIpc) is 2.16. The van der Waals surface area contributed by atoms with Gasteiger partial charge in [-0.3, -0.25) is 0 Å². The molecule has 0 aliphatic rings. The molecule has 0 bridgehead atoms. The van der Waals surface area contributed by atoms with Crippen molar-refractivity contribution in [1.29, 1.82) is 0 Å². The van der Waals surface area contributed by atoms with Crippen LogP contribution in [0.4, 0.5) is 0 Å². The molecule has 0 saturated heterocycles. The Morgan fingerprint density at radius 2 is 1.67 bits per heavy atom. The predicted octanol–water partition coefficient (Wildman–Crippen LogP) is 3.15. The van der Waals surface area contributed by atoms with Gasteiger partial charge in [0.05, 0.1) is 0 Å². The minimum absolute atomic E-state index is 0.103. The van der Waals surface area contributed by atoms with Gasteiger partial charge in [-0.05, 0) is 36.2 Å². The number of aryl methyl sites for hydroxylation is 1. The van der Waals surface area contributed by atoms with E-state index >= 15 is 0 Å². The van der Waals surface area contributed by atoms with Crippen LogP contribution in [0.1, 0.15) is 5.56 Å². The molecule has 2 aromatic rings. The first-order valence-electron chi connectivity index (χ1n) is 4.29. The molecule has 1 heterocycles. The van der Waals surface area contributed by atoms with E-state index in [1.165, 1.54) is 0 Å². The molecule has 15 heavy (non-hydrogen) atoms. The Hall–Kier alpha value is -1.19. The van der Waals surface area contributed by atoms with Crippen LogP contribution >= 0.6 is 23.2 Å². The van der Waals surface area contributed by atoms with Crippen LogP contribution in [0.3, 0.4) is 0 Å². The first-order valence-corrected chi connectivity index (χ1v) is 5.05. The third-order valence-electron chi connectivity index (χ3n) is 1.86. The zero-order valence-electron chi connectivity index (χ0n) is 7.91. The Balaban J connectivity index is 2.54. The number of benzene rings is 1. The maximum absolute atomic E-state index is 5.69. The maximum atomic E-state index is 5.69. The first-order chi connectivity index (χ1) is 7.15. The van der Waals surface area contributed by atoms with Gasteiger partial charge in [0, 0.05) is 5.56 Å². The monoisotopic (exact) mass is 239 g/mol. The summed E-state index contributed by atoms with van der Waals surface area (Å²) in [6, 6.07) is 7.78. The Bertz CT molecular complexity index is 480. The lowest BCUT2D eigenvalue weighted by atomic mass is 10.1. The van der Waals surface area contributed by atoms with Crippen LogP contribution in [-0.4, -0.2) is 15.0 Å². The standard InChI is InChI=1S/C10H7Cl2N3/c1-6-3-2-4-7(5-6)8-13-9(11)15-10(12)14-8/h2-5H,1H3. The fourth-order valence-corrected chi connectivity index (χ4v) is 1.60. The summed E-state index contributed by atoms with van der Waals surface area (Å²) in [6.45, 7) is 1.99. The van der Waals surface area contributed by atoms with Gasteiger partial charge in [0.25, 0.3) is 0 Å². The number of nitrogens with zero attached hydrogens (tertiary/aromatic N) is 3. The summed E-state index contributed by atoms with van der Waals surface area (Å²) in [6.07, 6.45) is 0. The molecule has 0 atom stereocenters. The van der Waals surface area contributed by atoms with E-state index in [-0.39, 0.29) is 10.6 Å². The SMILES string of the molecule is Cc1cccc(-c2nc(Cl)nc(Cl)n2)c1. The lowest BCUT2D eigenvalue weighted by Crippen LogP contribution is -1.93. The Morgan fingerprint density at radius 1 is 1.00 bits per heavy atom. The zero-order valence-corrected chi connectivity index (χ0v) is 9.42. The van der Waals surface area contributed by atoms with Crippen LogP contribution in [0.15, 0.2) is 24.3 Å². The van der Waals surface area contributed by atoms with Gasteiger partial charge in [-0.1, -0.05) is 23.8 Å². The number of rotatable bonds is 1. The van der Waals surface area contributed by atoms with Gasteiger partial charge in [-0.2, -0.15) is 15.0 Å². The summed E-state index contributed by atoms with van der Waals surface area (Å²) in [4.78, 5) is 11.7. The normalized spacial score (nSPS) is 10.3. The van der Waals surface area contributed by atoms with Crippen molar-refractivity contribution in [2.75, 3.05) is 0 Å². The van der Waals surface area contributed by atoms with Crippen LogP contribution in [0.25, 0.3) is 11.4 Å². The molecule has 0 fully saturated rings. The van der Waals surface area contributed by atoms with Gasteiger partial charge in [-0.15, -0.1) is 0 Å². The molecule has 5 heteroatoms. The van der Waals surface area contributed by atoms with Crippen LogP contribution in [0.2, 0.25) is 10.6 Å². The highest BCUT2D eigenvalue weighted by Gasteiger charge is 2.05. The second-order valence-corrected chi connectivity index (χ2v) is 3.74. The smallest absolute Gasteiger partial charge is 0.198 e. The lowest BCUT2D eigenvalue weighted by molar-refractivity contribution is 1.06. The van der Waals surface area contributed by atoms with Gasteiger partial charge in [0.1, 0.15) is 0 Å². The summed E-state index contributed by atoms with van der Waals surface area (Å²) in [5.41, 5.74) is 2.00. The van der Waals surface area contributed by atoms with Gasteiger partial charge >= 0.3 is 0 Å². The fourth-order valence-electron chi connectivity index (χ4n) is 1.24. The molecule has 0 spiro atoms. The molecule has 2 rings (SSSR count). The summed E-state index contributed by atoms with van der Waals surface area (Å²) in [5, 5.41) is 0.206. The molecule has 1 aromatic heterocycles. The largest absolute Gasteiger partial charge is 0.227 e. The molecule has 76 valence electrons. The Morgan fingerprint density at radius 3 is 2.27 bits per heavy atom. The topological polar surface area (TPSA) is 38.7 Å². The van der Waals surface area contributed by atoms with Crippen molar-refractivity contribution in [2.45, 2.75) is 6.92 Å². The van der Waals surface area contributed by atoms with Crippen molar-refractivity contribution >= 4 is 23.2 Å². The molecule has 3 nitrogen and oxygen atoms in total. The van der Waals surface area contributed by atoms with E-state index in [0.717, 1.165) is 11.1 Å². The van der Waals surface area contributed by atoms with Crippen molar-refractivity contribution in [2.24, 2.45) is 0 Å². The fraction of sp³-hybridized carbons (Fsp3) is 0.100. The Kier molecular flexibility index (Phi) is 2.84. The maximum Gasteiger partial charge on any atom is 0.227 e. The number of hydrogen-bond acceptors (Lipinski definition) is 3. The van der Waals surface area contributed by atoms with Crippen molar-refractivity contribution in [1.82, 2.24) is 15.0 Å². The first kappa shape index (κ1) is 10.3. The number of hydrogen-bond donors (Lipinski definition) is 0. The highest BCUT2D eigenvalue weighted by Crippen LogP contribution is 2.18. The average molecular weight is 240 g/mol. The molecule has 0 saturated carbocycles. The van der Waals surface area contributed by atoms with Crippen LogP contribution in [-0.2, 0) is 0 Å². The molecule has 0 radical (unpaired) electrons. The van der Waals surface area contributed by atoms with Gasteiger partial charge in [-0.25, -0.2) is 0 Å². The summed E-state index contributed by atoms with van der Waals surface area (Å²) in [5.74, 6) is 0.490. The molecular formula is C10H7Cl2N3. The molecule has 0 aliphatic heterocycles. The van der Waals surface area contributed by atoms with Crippen molar-refractivity contribution in [3.05, 3.63) is 40.4 Å². The zero-order chi connectivity index (χ0) is 10.8. The summed E-state index contributed by atoms with van der Waals surface area (Å²) >= 11 is 11.4. The highest BCUT2D eigenvalue weighted by molar-refractivity contribution is 6.31. The third-order valence-corrected chi connectivity index (χ3v) is 2.20. The van der Waals surface area contributed by atoms with E-state index in [9.17, 15) is 0 Å². The van der Waals surface area contributed by atoms with E-state index in [2.05, 4.69) is 15.0 Å². The minimum Gasteiger partial charge on any atom is -0.198 e. The minimum atomic E-state index is 0.103. The van der Waals surface area contributed by atoms with Crippen LogP contribution in [0.5, 0.6) is 0 Å².